The predicted molar refractivity (Wildman–Crippen MR) is 79.6 cm³/mol. The number of nitrogens with zero attached hydrogens (tertiary/aromatic N) is 1. The van der Waals surface area contributed by atoms with Gasteiger partial charge in [0.05, 0.1) is 12.7 Å². The predicted octanol–water partition coefficient (Wildman–Crippen LogP) is 2.54. The second-order valence-electron chi connectivity index (χ2n) is 5.15. The van der Waals surface area contributed by atoms with Crippen LogP contribution >= 0.6 is 11.6 Å². The van der Waals surface area contributed by atoms with E-state index in [0.717, 1.165) is 50.7 Å². The molecule has 4 heteroatoms. The summed E-state index contributed by atoms with van der Waals surface area (Å²) in [7, 11) is 2.11. The summed E-state index contributed by atoms with van der Waals surface area (Å²) in [5.41, 5.74) is 1.17. The van der Waals surface area contributed by atoms with Gasteiger partial charge in [0.15, 0.2) is 0 Å². The van der Waals surface area contributed by atoms with Crippen LogP contribution in [0.3, 0.4) is 0 Å². The van der Waals surface area contributed by atoms with Gasteiger partial charge in [-0.3, -0.25) is 4.90 Å². The van der Waals surface area contributed by atoms with Gasteiger partial charge in [0.25, 0.3) is 0 Å². The van der Waals surface area contributed by atoms with Crippen LogP contribution < -0.4 is 5.32 Å². The van der Waals surface area contributed by atoms with Gasteiger partial charge in [0, 0.05) is 18.1 Å². The number of likely N-dealkylation sites (N-methyl/N-ethyl adjacent to an activating group) is 1. The maximum atomic E-state index is 6.16. The lowest BCUT2D eigenvalue weighted by Gasteiger charge is -2.24. The van der Waals surface area contributed by atoms with Gasteiger partial charge < -0.3 is 10.1 Å². The van der Waals surface area contributed by atoms with Crippen molar-refractivity contribution in [3.8, 4) is 0 Å². The van der Waals surface area contributed by atoms with Gasteiger partial charge in [-0.1, -0.05) is 29.8 Å². The van der Waals surface area contributed by atoms with Gasteiger partial charge in [-0.2, -0.15) is 0 Å². The number of nitrogens with one attached hydrogen (secondary N) is 1. The van der Waals surface area contributed by atoms with Crippen molar-refractivity contribution in [2.24, 2.45) is 0 Å². The molecule has 1 saturated heterocycles. The van der Waals surface area contributed by atoms with Gasteiger partial charge >= 0.3 is 0 Å². The average Bonchev–Trinajstić information content (AvgIpc) is 2.43. The first-order chi connectivity index (χ1) is 9.25. The second-order valence-corrected chi connectivity index (χ2v) is 5.56. The van der Waals surface area contributed by atoms with Crippen molar-refractivity contribution < 1.29 is 4.74 Å². The van der Waals surface area contributed by atoms with E-state index in [0.29, 0.717) is 6.10 Å². The summed E-state index contributed by atoms with van der Waals surface area (Å²) in [6.07, 6.45) is 2.71. The highest BCUT2D eigenvalue weighted by molar-refractivity contribution is 6.31. The molecule has 1 fully saturated rings. The van der Waals surface area contributed by atoms with E-state index in [-0.39, 0.29) is 0 Å². The lowest BCUT2D eigenvalue weighted by atomic mass is 10.1. The maximum Gasteiger partial charge on any atom is 0.0600 e. The molecular weight excluding hydrogens is 260 g/mol. The lowest BCUT2D eigenvalue weighted by Crippen LogP contribution is -2.34. The Balaban J connectivity index is 1.67. The van der Waals surface area contributed by atoms with Crippen LogP contribution in [-0.2, 0) is 11.3 Å². The molecule has 1 heterocycles. The molecule has 0 radical (unpaired) electrons. The van der Waals surface area contributed by atoms with Crippen molar-refractivity contribution in [1.82, 2.24) is 10.2 Å². The van der Waals surface area contributed by atoms with E-state index in [2.05, 4.69) is 23.3 Å². The minimum Gasteiger partial charge on any atom is -0.377 e. The Kier molecular flexibility index (Phi) is 6.11. The van der Waals surface area contributed by atoms with E-state index in [9.17, 15) is 0 Å². The second kappa shape index (κ2) is 7.85. The molecule has 0 aromatic heterocycles. The van der Waals surface area contributed by atoms with Crippen molar-refractivity contribution in [1.29, 1.82) is 0 Å². The number of benzene rings is 1. The molecule has 3 nitrogen and oxygen atoms in total. The molecular formula is C15H23ClN2O. The summed E-state index contributed by atoms with van der Waals surface area (Å²) in [5, 5.41) is 4.19. The molecule has 0 bridgehead atoms. The van der Waals surface area contributed by atoms with E-state index in [1.165, 1.54) is 5.56 Å². The standard InChI is InChI=1S/C15H23ClN2O/c1-18(12-13-4-2-3-5-15(13)16)10-11-19-14-6-8-17-9-7-14/h2-5,14,17H,6-12H2,1H3. The first-order valence-electron chi connectivity index (χ1n) is 7.00. The zero-order valence-corrected chi connectivity index (χ0v) is 12.3. The van der Waals surface area contributed by atoms with Crippen molar-refractivity contribution in [2.75, 3.05) is 33.3 Å². The normalized spacial score (nSPS) is 17.0. The van der Waals surface area contributed by atoms with Crippen molar-refractivity contribution in [2.45, 2.75) is 25.5 Å². The zero-order valence-electron chi connectivity index (χ0n) is 11.6. The van der Waals surface area contributed by atoms with Crippen molar-refractivity contribution >= 4 is 11.6 Å². The molecule has 1 aromatic carbocycles. The smallest absolute Gasteiger partial charge is 0.0600 e. The van der Waals surface area contributed by atoms with Crippen molar-refractivity contribution in [3.63, 3.8) is 0 Å². The lowest BCUT2D eigenvalue weighted by molar-refractivity contribution is 0.0224. The first-order valence-corrected chi connectivity index (χ1v) is 7.38. The number of hydrogen-bond acceptors (Lipinski definition) is 3. The molecule has 0 atom stereocenters. The number of rotatable bonds is 6. The van der Waals surface area contributed by atoms with Gasteiger partial charge in [0.2, 0.25) is 0 Å². The minimum atomic E-state index is 0.440. The summed E-state index contributed by atoms with van der Waals surface area (Å²) in [4.78, 5) is 2.25. The van der Waals surface area contributed by atoms with Gasteiger partial charge in [-0.15, -0.1) is 0 Å². The fourth-order valence-electron chi connectivity index (χ4n) is 2.33. The van der Waals surface area contributed by atoms with Crippen LogP contribution in [-0.4, -0.2) is 44.3 Å². The summed E-state index contributed by atoms with van der Waals surface area (Å²) in [6, 6.07) is 8.01. The molecule has 106 valence electrons. The SMILES string of the molecule is CN(CCOC1CCNCC1)Cc1ccccc1Cl. The highest BCUT2D eigenvalue weighted by Gasteiger charge is 2.13. The number of ether oxygens (including phenoxy) is 1. The molecule has 19 heavy (non-hydrogen) atoms. The fraction of sp³-hybridized carbons (Fsp3) is 0.600. The number of halogens is 1. The summed E-state index contributed by atoms with van der Waals surface area (Å²) in [6.45, 7) is 4.77. The highest BCUT2D eigenvalue weighted by Crippen LogP contribution is 2.16. The Morgan fingerprint density at radius 1 is 1.32 bits per heavy atom. The van der Waals surface area contributed by atoms with Crippen LogP contribution in [0.25, 0.3) is 0 Å². The topological polar surface area (TPSA) is 24.5 Å². The Labute approximate surface area is 120 Å². The van der Waals surface area contributed by atoms with E-state index >= 15 is 0 Å². The van der Waals surface area contributed by atoms with Crippen LogP contribution in [0.5, 0.6) is 0 Å². The van der Waals surface area contributed by atoms with Crippen LogP contribution in [0.1, 0.15) is 18.4 Å². The molecule has 0 saturated carbocycles. The van der Waals surface area contributed by atoms with Crippen LogP contribution in [0, 0.1) is 0 Å². The van der Waals surface area contributed by atoms with E-state index in [1.54, 1.807) is 0 Å². The Hall–Kier alpha value is -0.610. The first kappa shape index (κ1) is 14.8. The molecule has 2 rings (SSSR count). The van der Waals surface area contributed by atoms with Crippen LogP contribution in [0.4, 0.5) is 0 Å². The minimum absolute atomic E-state index is 0.440. The van der Waals surface area contributed by atoms with E-state index in [4.69, 9.17) is 16.3 Å². The molecule has 0 amide bonds. The third-order valence-electron chi connectivity index (χ3n) is 3.51. The monoisotopic (exact) mass is 282 g/mol. The molecule has 0 unspecified atom stereocenters. The van der Waals surface area contributed by atoms with Crippen LogP contribution in [0.2, 0.25) is 5.02 Å². The molecule has 0 aliphatic carbocycles. The highest BCUT2D eigenvalue weighted by atomic mass is 35.5. The molecule has 1 N–H and O–H groups in total. The zero-order chi connectivity index (χ0) is 13.5. The largest absolute Gasteiger partial charge is 0.377 e. The number of hydrogen-bond donors (Lipinski definition) is 1. The van der Waals surface area contributed by atoms with Gasteiger partial charge in [-0.25, -0.2) is 0 Å². The van der Waals surface area contributed by atoms with Crippen LogP contribution in [0.15, 0.2) is 24.3 Å². The third kappa shape index (κ3) is 5.11. The van der Waals surface area contributed by atoms with Gasteiger partial charge in [0.1, 0.15) is 0 Å². The summed E-state index contributed by atoms with van der Waals surface area (Å²) < 4.78 is 5.91. The average molecular weight is 283 g/mol. The van der Waals surface area contributed by atoms with E-state index < -0.39 is 0 Å². The third-order valence-corrected chi connectivity index (χ3v) is 3.88. The summed E-state index contributed by atoms with van der Waals surface area (Å²) in [5.74, 6) is 0. The molecule has 1 aliphatic heterocycles. The molecule has 1 aliphatic rings. The summed E-state index contributed by atoms with van der Waals surface area (Å²) >= 11 is 6.16. The Bertz CT molecular complexity index is 380. The molecule has 0 spiro atoms. The maximum absolute atomic E-state index is 6.16. The van der Waals surface area contributed by atoms with Crippen molar-refractivity contribution in [3.05, 3.63) is 34.9 Å². The quantitative estimate of drug-likeness (QED) is 0.868. The number of piperidine rings is 1. The Morgan fingerprint density at radius 2 is 2.05 bits per heavy atom. The molecule has 1 aromatic rings. The fourth-order valence-corrected chi connectivity index (χ4v) is 2.53. The van der Waals surface area contributed by atoms with E-state index in [1.807, 2.05) is 18.2 Å². The Morgan fingerprint density at radius 3 is 2.79 bits per heavy atom. The van der Waals surface area contributed by atoms with Gasteiger partial charge in [-0.05, 0) is 44.6 Å².